The van der Waals surface area contributed by atoms with Crippen molar-refractivity contribution in [1.82, 2.24) is 10.2 Å². The predicted molar refractivity (Wildman–Crippen MR) is 82.1 cm³/mol. The summed E-state index contributed by atoms with van der Waals surface area (Å²) in [6, 6.07) is 8.84. The highest BCUT2D eigenvalue weighted by atomic mass is 35.5. The van der Waals surface area contributed by atoms with Crippen molar-refractivity contribution in [2.75, 3.05) is 0 Å². The molecule has 0 aliphatic carbocycles. The van der Waals surface area contributed by atoms with Gasteiger partial charge in [0.15, 0.2) is 28.4 Å². The van der Waals surface area contributed by atoms with Gasteiger partial charge in [0.05, 0.1) is 5.56 Å². The summed E-state index contributed by atoms with van der Waals surface area (Å²) >= 11 is 5.68. The first-order valence-corrected chi connectivity index (χ1v) is 7.35. The van der Waals surface area contributed by atoms with E-state index in [0.29, 0.717) is 5.56 Å². The minimum atomic E-state index is -2.36. The molecule has 1 heterocycles. The zero-order valence-corrected chi connectivity index (χ0v) is 13.3. The minimum Gasteiger partial charge on any atom is -0.288 e. The Morgan fingerprint density at radius 3 is 1.92 bits per heavy atom. The van der Waals surface area contributed by atoms with Crippen molar-refractivity contribution in [3.05, 3.63) is 81.8 Å². The number of halogens is 6. The molecule has 0 saturated carbocycles. The number of aromatic nitrogens is 2. The van der Waals surface area contributed by atoms with Crippen LogP contribution in [-0.4, -0.2) is 16.0 Å². The largest absolute Gasteiger partial charge is 0.288 e. The molecule has 0 unspecified atom stereocenters. The first-order chi connectivity index (χ1) is 12.3. The lowest BCUT2D eigenvalue weighted by molar-refractivity contribution is 0.102. The first kappa shape index (κ1) is 17.9. The molecule has 26 heavy (non-hydrogen) atoms. The Balaban J connectivity index is 2.27. The van der Waals surface area contributed by atoms with Crippen molar-refractivity contribution >= 4 is 17.4 Å². The molecule has 3 nitrogen and oxygen atoms in total. The summed E-state index contributed by atoms with van der Waals surface area (Å²) in [6.07, 6.45) is 0. The van der Waals surface area contributed by atoms with E-state index in [1.54, 1.807) is 18.2 Å². The molecule has 0 amide bonds. The molecule has 0 atom stereocenters. The maximum absolute atomic E-state index is 14.0. The van der Waals surface area contributed by atoms with Gasteiger partial charge in [-0.1, -0.05) is 41.9 Å². The van der Waals surface area contributed by atoms with Gasteiger partial charge < -0.3 is 0 Å². The quantitative estimate of drug-likeness (QED) is 0.284. The Morgan fingerprint density at radius 2 is 1.35 bits per heavy atom. The number of carbonyl (C=O) groups is 1. The Kier molecular flexibility index (Phi) is 4.69. The summed E-state index contributed by atoms with van der Waals surface area (Å²) in [5.74, 6) is -12.7. The van der Waals surface area contributed by atoms with Gasteiger partial charge in [0.2, 0.25) is 11.6 Å². The van der Waals surface area contributed by atoms with Crippen LogP contribution in [0.15, 0.2) is 36.4 Å². The predicted octanol–water partition coefficient (Wildman–Crippen LogP) is 4.72. The van der Waals surface area contributed by atoms with Gasteiger partial charge in [-0.15, -0.1) is 10.2 Å². The van der Waals surface area contributed by atoms with E-state index in [2.05, 4.69) is 10.2 Å². The topological polar surface area (TPSA) is 42.9 Å². The average molecular weight is 385 g/mol. The molecule has 0 spiro atoms. The molecule has 3 rings (SSSR count). The Morgan fingerprint density at radius 1 is 0.808 bits per heavy atom. The van der Waals surface area contributed by atoms with Crippen LogP contribution in [0.25, 0.3) is 11.3 Å². The van der Waals surface area contributed by atoms with Crippen molar-refractivity contribution in [1.29, 1.82) is 0 Å². The monoisotopic (exact) mass is 384 g/mol. The second kappa shape index (κ2) is 6.80. The minimum absolute atomic E-state index is 0.121. The number of rotatable bonds is 3. The van der Waals surface area contributed by atoms with E-state index >= 15 is 0 Å². The van der Waals surface area contributed by atoms with Crippen LogP contribution in [0.5, 0.6) is 0 Å². The Bertz CT molecular complexity index is 998. The van der Waals surface area contributed by atoms with Gasteiger partial charge in [-0.2, -0.15) is 0 Å². The van der Waals surface area contributed by atoms with Crippen LogP contribution in [0.3, 0.4) is 0 Å². The normalized spacial score (nSPS) is 10.8. The van der Waals surface area contributed by atoms with Gasteiger partial charge in [0.1, 0.15) is 11.3 Å². The van der Waals surface area contributed by atoms with Crippen molar-refractivity contribution in [2.24, 2.45) is 0 Å². The van der Waals surface area contributed by atoms with Crippen LogP contribution < -0.4 is 0 Å². The van der Waals surface area contributed by atoms with Gasteiger partial charge in [-0.3, -0.25) is 4.79 Å². The number of benzene rings is 2. The fourth-order valence-electron chi connectivity index (χ4n) is 2.29. The standard InChI is InChI=1S/C17H6ClF5N2O/c18-9-6-8(16(25-24-9)7-4-2-1-3-5-7)17(26)10-11(19)13(21)15(23)14(22)12(10)20/h1-6H. The molecule has 0 N–H and O–H groups in total. The molecule has 9 heteroatoms. The SMILES string of the molecule is O=C(c1cc(Cl)nnc1-c1ccccc1)c1c(F)c(F)c(F)c(F)c1F. The lowest BCUT2D eigenvalue weighted by atomic mass is 9.97. The van der Waals surface area contributed by atoms with Gasteiger partial charge in [0.25, 0.3) is 0 Å². The highest BCUT2D eigenvalue weighted by molar-refractivity contribution is 6.30. The van der Waals surface area contributed by atoms with E-state index in [0.717, 1.165) is 6.07 Å². The summed E-state index contributed by atoms with van der Waals surface area (Å²) in [4.78, 5) is 12.6. The van der Waals surface area contributed by atoms with Gasteiger partial charge >= 0.3 is 0 Å². The van der Waals surface area contributed by atoms with Crippen LogP contribution in [0.4, 0.5) is 22.0 Å². The van der Waals surface area contributed by atoms with Crippen LogP contribution in [0, 0.1) is 29.1 Å². The van der Waals surface area contributed by atoms with E-state index in [-0.39, 0.29) is 10.8 Å². The molecule has 2 aromatic carbocycles. The van der Waals surface area contributed by atoms with E-state index in [1.165, 1.54) is 12.1 Å². The number of nitrogens with zero attached hydrogens (tertiary/aromatic N) is 2. The Labute approximate surface area is 148 Å². The fourth-order valence-corrected chi connectivity index (χ4v) is 2.44. The molecular formula is C17H6ClF5N2O. The zero-order chi connectivity index (χ0) is 19.0. The molecule has 3 aromatic rings. The molecule has 0 aliphatic rings. The van der Waals surface area contributed by atoms with Gasteiger partial charge in [-0.05, 0) is 6.07 Å². The van der Waals surface area contributed by atoms with E-state index in [9.17, 15) is 26.7 Å². The summed E-state index contributed by atoms with van der Waals surface area (Å²) in [5, 5.41) is 6.97. The smallest absolute Gasteiger partial charge is 0.201 e. The summed E-state index contributed by atoms with van der Waals surface area (Å²) in [5.41, 5.74) is -1.84. The van der Waals surface area contributed by atoms with Crippen LogP contribution in [-0.2, 0) is 0 Å². The fraction of sp³-hybridized carbons (Fsp3) is 0. The average Bonchev–Trinajstić information content (AvgIpc) is 2.65. The first-order valence-electron chi connectivity index (χ1n) is 6.97. The molecule has 1 aromatic heterocycles. The lowest BCUT2D eigenvalue weighted by Gasteiger charge is -2.10. The number of hydrogen-bond donors (Lipinski definition) is 0. The third kappa shape index (κ3) is 2.92. The van der Waals surface area contributed by atoms with Crippen molar-refractivity contribution in [3.63, 3.8) is 0 Å². The molecule has 0 fully saturated rings. The Hall–Kier alpha value is -2.87. The van der Waals surface area contributed by atoms with Crippen molar-refractivity contribution in [2.45, 2.75) is 0 Å². The summed E-state index contributed by atoms with van der Waals surface area (Å²) < 4.78 is 67.9. The van der Waals surface area contributed by atoms with Gasteiger partial charge in [0, 0.05) is 5.56 Å². The third-order valence-electron chi connectivity index (χ3n) is 3.49. The lowest BCUT2D eigenvalue weighted by Crippen LogP contribution is -2.15. The molecule has 0 bridgehead atoms. The third-order valence-corrected chi connectivity index (χ3v) is 3.68. The number of hydrogen-bond acceptors (Lipinski definition) is 3. The zero-order valence-electron chi connectivity index (χ0n) is 12.5. The molecule has 132 valence electrons. The van der Waals surface area contributed by atoms with Crippen LogP contribution >= 0.6 is 11.6 Å². The maximum atomic E-state index is 14.0. The highest BCUT2D eigenvalue weighted by Gasteiger charge is 2.31. The molecule has 0 aliphatic heterocycles. The van der Waals surface area contributed by atoms with E-state index < -0.39 is 46.0 Å². The van der Waals surface area contributed by atoms with Crippen molar-refractivity contribution in [3.8, 4) is 11.3 Å². The number of ketones is 1. The van der Waals surface area contributed by atoms with E-state index in [1.807, 2.05) is 0 Å². The maximum Gasteiger partial charge on any atom is 0.201 e. The second-order valence-corrected chi connectivity index (χ2v) is 5.46. The summed E-state index contributed by atoms with van der Waals surface area (Å²) in [6.45, 7) is 0. The van der Waals surface area contributed by atoms with Crippen LogP contribution in [0.1, 0.15) is 15.9 Å². The van der Waals surface area contributed by atoms with E-state index in [4.69, 9.17) is 11.6 Å². The van der Waals surface area contributed by atoms with Crippen LogP contribution in [0.2, 0.25) is 5.15 Å². The molecule has 0 saturated heterocycles. The van der Waals surface area contributed by atoms with Crippen molar-refractivity contribution < 1.29 is 26.7 Å². The molecule has 0 radical (unpaired) electrons. The summed E-state index contributed by atoms with van der Waals surface area (Å²) in [7, 11) is 0. The second-order valence-electron chi connectivity index (χ2n) is 5.07. The highest BCUT2D eigenvalue weighted by Crippen LogP contribution is 2.29. The number of carbonyl (C=O) groups excluding carboxylic acids is 1. The molecular weight excluding hydrogens is 379 g/mol. The van der Waals surface area contributed by atoms with Gasteiger partial charge in [-0.25, -0.2) is 22.0 Å².